The average Bonchev–Trinajstić information content (AvgIpc) is 3.03. The van der Waals surface area contributed by atoms with Crippen LogP contribution >= 0.6 is 0 Å². The molecule has 0 aliphatic rings. The Bertz CT molecular complexity index is 878. The molecule has 22 heavy (non-hydrogen) atoms. The summed E-state index contributed by atoms with van der Waals surface area (Å²) in [4.78, 5) is 4.46. The predicted molar refractivity (Wildman–Crippen MR) is 92.6 cm³/mol. The van der Waals surface area contributed by atoms with Gasteiger partial charge in [-0.3, -0.25) is 4.57 Å². The maximum absolute atomic E-state index is 8.03. The zero-order valence-corrected chi connectivity index (χ0v) is 13.2. The van der Waals surface area contributed by atoms with Gasteiger partial charge in [0.2, 0.25) is 0 Å². The van der Waals surface area contributed by atoms with Crippen molar-refractivity contribution in [2.24, 2.45) is 0 Å². The second-order valence-electron chi connectivity index (χ2n) is 5.88. The van der Waals surface area contributed by atoms with Crippen LogP contribution < -0.4 is 0 Å². The molecule has 3 aromatic rings. The van der Waals surface area contributed by atoms with Crippen molar-refractivity contribution >= 4 is 0 Å². The first-order valence-corrected chi connectivity index (χ1v) is 7.53. The Morgan fingerprint density at radius 2 is 1.82 bits per heavy atom. The van der Waals surface area contributed by atoms with Gasteiger partial charge in [0.15, 0.2) is 0 Å². The van der Waals surface area contributed by atoms with Gasteiger partial charge in [-0.15, -0.1) is 0 Å². The van der Waals surface area contributed by atoms with Crippen molar-refractivity contribution in [3.05, 3.63) is 71.5 Å². The van der Waals surface area contributed by atoms with E-state index < -0.39 is 6.85 Å². The maximum atomic E-state index is 8.03. The minimum atomic E-state index is -2.19. The number of hydrogen-bond donors (Lipinski definition) is 0. The van der Waals surface area contributed by atoms with E-state index in [0.29, 0.717) is 11.3 Å². The molecule has 1 aromatic heterocycles. The van der Waals surface area contributed by atoms with Crippen LogP contribution in [0.25, 0.3) is 17.1 Å². The molecule has 0 atom stereocenters. The van der Waals surface area contributed by atoms with Gasteiger partial charge < -0.3 is 0 Å². The summed E-state index contributed by atoms with van der Waals surface area (Å²) in [6.45, 7) is 3.92. The first-order chi connectivity index (χ1) is 11.8. The second kappa shape index (κ2) is 5.80. The Labute approximate surface area is 136 Å². The lowest BCUT2D eigenvalue weighted by molar-refractivity contribution is 0.859. The lowest BCUT2D eigenvalue weighted by atomic mass is 9.96. The van der Waals surface area contributed by atoms with Gasteiger partial charge in [0, 0.05) is 22.1 Å². The zero-order chi connectivity index (χ0) is 18.2. The summed E-state index contributed by atoms with van der Waals surface area (Å²) in [6, 6.07) is 13.7. The second-order valence-corrected chi connectivity index (χ2v) is 5.88. The summed E-state index contributed by atoms with van der Waals surface area (Å²) in [5.74, 6) is 1.01. The summed E-state index contributed by atoms with van der Waals surface area (Å²) in [7, 11) is 0. The van der Waals surface area contributed by atoms with Gasteiger partial charge >= 0.3 is 0 Å². The van der Waals surface area contributed by atoms with E-state index in [9.17, 15) is 0 Å². The number of aryl methyl sites for hydroxylation is 2. The summed E-state index contributed by atoms with van der Waals surface area (Å²) >= 11 is 0. The third-order valence-corrected chi connectivity index (χ3v) is 3.90. The molecular weight excluding hydrogens is 268 g/mol. The number of aromatic nitrogens is 2. The van der Waals surface area contributed by atoms with Crippen molar-refractivity contribution in [3.63, 3.8) is 0 Å². The van der Waals surface area contributed by atoms with Crippen LogP contribution in [-0.2, 0) is 0 Å². The lowest BCUT2D eigenvalue weighted by Crippen LogP contribution is -2.03. The highest BCUT2D eigenvalue weighted by Gasteiger charge is 2.13. The molecule has 112 valence electrons. The largest absolute Gasteiger partial charge is 0.299 e. The molecule has 0 amide bonds. The average molecular weight is 293 g/mol. The van der Waals surface area contributed by atoms with Crippen molar-refractivity contribution in [2.75, 3.05) is 0 Å². The van der Waals surface area contributed by atoms with E-state index in [1.165, 1.54) is 0 Å². The quantitative estimate of drug-likeness (QED) is 0.642. The molecular formula is C20H22N2. The molecule has 2 aromatic carbocycles. The third kappa shape index (κ3) is 2.57. The van der Waals surface area contributed by atoms with Gasteiger partial charge in [-0.05, 0) is 36.4 Å². The standard InChI is InChI=1S/C20H22N2/c1-14(2)18-12-15(3)19(16(4)13-18)22-11-10-21-20(22)17-8-6-5-7-9-17/h5-14H,1-4H3/i3D3. The van der Waals surface area contributed by atoms with E-state index >= 15 is 0 Å². The molecule has 0 bridgehead atoms. The Balaban J connectivity index is 2.27. The number of benzene rings is 2. The highest BCUT2D eigenvalue weighted by Crippen LogP contribution is 2.28. The zero-order valence-electron chi connectivity index (χ0n) is 16.2. The number of hydrogen-bond acceptors (Lipinski definition) is 1. The molecule has 0 unspecified atom stereocenters. The minimum absolute atomic E-state index is 0.269. The Morgan fingerprint density at radius 1 is 1.09 bits per heavy atom. The Hall–Kier alpha value is -2.35. The highest BCUT2D eigenvalue weighted by atomic mass is 15.1. The molecule has 1 heterocycles. The molecule has 3 rings (SSSR count). The van der Waals surface area contributed by atoms with Crippen molar-refractivity contribution in [1.82, 2.24) is 9.55 Å². The van der Waals surface area contributed by atoms with E-state index in [1.54, 1.807) is 6.20 Å². The van der Waals surface area contributed by atoms with E-state index in [2.05, 4.69) is 24.9 Å². The summed E-state index contributed by atoms with van der Waals surface area (Å²) < 4.78 is 26.0. The number of nitrogens with zero attached hydrogens (tertiary/aromatic N) is 2. The van der Waals surface area contributed by atoms with Gasteiger partial charge in [0.05, 0.1) is 5.69 Å². The van der Waals surface area contributed by atoms with Crippen LogP contribution in [0.1, 0.15) is 40.6 Å². The van der Waals surface area contributed by atoms with Gasteiger partial charge in [-0.2, -0.15) is 0 Å². The van der Waals surface area contributed by atoms with Gasteiger partial charge in [0.1, 0.15) is 5.82 Å². The Kier molecular flexibility index (Phi) is 2.97. The predicted octanol–water partition coefficient (Wildman–Crippen LogP) is 5.28. The fourth-order valence-electron chi connectivity index (χ4n) is 2.75. The lowest BCUT2D eigenvalue weighted by Gasteiger charge is -2.17. The van der Waals surface area contributed by atoms with E-state index in [-0.39, 0.29) is 5.92 Å². The van der Waals surface area contributed by atoms with Crippen molar-refractivity contribution in [2.45, 2.75) is 33.5 Å². The first kappa shape index (κ1) is 11.2. The van der Waals surface area contributed by atoms with Gasteiger partial charge in [0.25, 0.3) is 0 Å². The fraction of sp³-hybridized carbons (Fsp3) is 0.250. The normalized spacial score (nSPS) is 13.7. The SMILES string of the molecule is [2H]C([2H])([2H])c1cc(C(C)C)cc(C)c1-n1ccnc1-c1ccccc1. The highest BCUT2D eigenvalue weighted by molar-refractivity contribution is 5.61. The van der Waals surface area contributed by atoms with Crippen molar-refractivity contribution in [1.29, 1.82) is 0 Å². The monoisotopic (exact) mass is 293 g/mol. The van der Waals surface area contributed by atoms with E-state index in [0.717, 1.165) is 22.5 Å². The Morgan fingerprint density at radius 3 is 2.50 bits per heavy atom. The molecule has 2 nitrogen and oxygen atoms in total. The molecule has 0 radical (unpaired) electrons. The number of imidazole rings is 1. The topological polar surface area (TPSA) is 17.8 Å². The van der Waals surface area contributed by atoms with Gasteiger partial charge in [-0.1, -0.05) is 56.3 Å². The fourth-order valence-corrected chi connectivity index (χ4v) is 2.75. The van der Waals surface area contributed by atoms with Crippen LogP contribution in [-0.4, -0.2) is 9.55 Å². The van der Waals surface area contributed by atoms with Crippen LogP contribution in [0.5, 0.6) is 0 Å². The number of rotatable bonds is 3. The minimum Gasteiger partial charge on any atom is -0.299 e. The molecule has 0 fully saturated rings. The van der Waals surface area contributed by atoms with Crippen molar-refractivity contribution < 1.29 is 4.11 Å². The molecule has 0 spiro atoms. The van der Waals surface area contributed by atoms with Crippen LogP contribution in [0, 0.1) is 13.8 Å². The van der Waals surface area contributed by atoms with Gasteiger partial charge in [-0.25, -0.2) is 4.98 Å². The molecule has 0 saturated heterocycles. The summed E-state index contributed by atoms with van der Waals surface area (Å²) in [5, 5.41) is 0. The molecule has 0 N–H and O–H groups in total. The van der Waals surface area contributed by atoms with Crippen LogP contribution in [0.4, 0.5) is 0 Å². The maximum Gasteiger partial charge on any atom is 0.144 e. The third-order valence-electron chi connectivity index (χ3n) is 3.90. The molecule has 0 aliphatic carbocycles. The van der Waals surface area contributed by atoms with E-state index in [4.69, 9.17) is 4.11 Å². The van der Waals surface area contributed by atoms with Crippen molar-refractivity contribution in [3.8, 4) is 17.1 Å². The molecule has 0 aliphatic heterocycles. The summed E-state index contributed by atoms with van der Waals surface area (Å²) in [6.07, 6.45) is 3.54. The smallest absolute Gasteiger partial charge is 0.144 e. The summed E-state index contributed by atoms with van der Waals surface area (Å²) in [5.41, 5.74) is 3.99. The van der Waals surface area contributed by atoms with E-state index in [1.807, 2.05) is 54.1 Å². The van der Waals surface area contributed by atoms with Crippen LogP contribution in [0.2, 0.25) is 0 Å². The van der Waals surface area contributed by atoms with Crippen LogP contribution in [0.3, 0.4) is 0 Å². The molecule has 2 heteroatoms. The first-order valence-electron chi connectivity index (χ1n) is 9.03. The van der Waals surface area contributed by atoms with Crippen LogP contribution in [0.15, 0.2) is 54.9 Å². The molecule has 0 saturated carbocycles.